The molecular weight excluding hydrogens is 420 g/mol. The Bertz CT molecular complexity index is 1120. The first-order valence-electron chi connectivity index (χ1n) is 10.6. The van der Waals surface area contributed by atoms with E-state index in [0.29, 0.717) is 40.9 Å². The summed E-state index contributed by atoms with van der Waals surface area (Å²) in [7, 11) is 4.70. The van der Waals surface area contributed by atoms with Gasteiger partial charge in [-0.3, -0.25) is 4.79 Å². The van der Waals surface area contributed by atoms with Gasteiger partial charge in [-0.05, 0) is 61.0 Å². The highest BCUT2D eigenvalue weighted by atomic mass is 16.5. The fourth-order valence-corrected chi connectivity index (χ4v) is 3.28. The van der Waals surface area contributed by atoms with Crippen molar-refractivity contribution in [3.8, 4) is 28.7 Å². The average molecular weight is 449 g/mol. The number of rotatable bonds is 11. The van der Waals surface area contributed by atoms with Gasteiger partial charge >= 0.3 is 0 Å². The lowest BCUT2D eigenvalue weighted by Gasteiger charge is -2.14. The number of hydrogen-bond donors (Lipinski definition) is 0. The molecule has 0 heterocycles. The standard InChI is InChI=1S/C27H28O6/c1-5-32-26-8-6-7-9-27(26)33-18-20-16-19(11-14-24(20)30-3)10-13-23(28)22-17-21(29-2)12-15-25(22)31-4/h6-17H,5,18H2,1-4H3/b13-10+. The second-order valence-electron chi connectivity index (χ2n) is 7.00. The summed E-state index contributed by atoms with van der Waals surface area (Å²) in [5.74, 6) is 2.92. The van der Waals surface area contributed by atoms with Crippen molar-refractivity contribution in [2.75, 3.05) is 27.9 Å². The van der Waals surface area contributed by atoms with Crippen LogP contribution in [0, 0.1) is 0 Å². The molecule has 0 saturated carbocycles. The van der Waals surface area contributed by atoms with E-state index < -0.39 is 0 Å². The minimum absolute atomic E-state index is 0.190. The third-order valence-corrected chi connectivity index (χ3v) is 4.94. The number of ether oxygens (including phenoxy) is 5. The van der Waals surface area contributed by atoms with Gasteiger partial charge in [0, 0.05) is 5.56 Å². The van der Waals surface area contributed by atoms with Crippen molar-refractivity contribution in [2.45, 2.75) is 13.5 Å². The second kappa shape index (κ2) is 11.6. The molecule has 0 radical (unpaired) electrons. The largest absolute Gasteiger partial charge is 0.497 e. The van der Waals surface area contributed by atoms with Gasteiger partial charge in [0.15, 0.2) is 17.3 Å². The summed E-state index contributed by atoms with van der Waals surface area (Å²) in [6.07, 6.45) is 3.26. The summed E-state index contributed by atoms with van der Waals surface area (Å²) in [5.41, 5.74) is 2.11. The van der Waals surface area contributed by atoms with Gasteiger partial charge in [0.05, 0.1) is 33.5 Å². The summed E-state index contributed by atoms with van der Waals surface area (Å²) >= 11 is 0. The van der Waals surface area contributed by atoms with Crippen LogP contribution in [-0.2, 0) is 6.61 Å². The van der Waals surface area contributed by atoms with E-state index >= 15 is 0 Å². The molecule has 0 unspecified atom stereocenters. The molecule has 0 bridgehead atoms. The minimum Gasteiger partial charge on any atom is -0.497 e. The summed E-state index contributed by atoms with van der Waals surface area (Å²) in [4.78, 5) is 12.8. The van der Waals surface area contributed by atoms with Gasteiger partial charge in [-0.15, -0.1) is 0 Å². The van der Waals surface area contributed by atoms with Crippen molar-refractivity contribution in [1.29, 1.82) is 0 Å². The molecule has 6 heteroatoms. The maximum Gasteiger partial charge on any atom is 0.189 e. The number of ketones is 1. The first-order valence-corrected chi connectivity index (χ1v) is 10.6. The zero-order chi connectivity index (χ0) is 23.6. The van der Waals surface area contributed by atoms with Gasteiger partial charge in [0.1, 0.15) is 23.9 Å². The molecule has 0 aliphatic rings. The highest BCUT2D eigenvalue weighted by Crippen LogP contribution is 2.29. The first kappa shape index (κ1) is 23.7. The molecule has 172 valence electrons. The average Bonchev–Trinajstić information content (AvgIpc) is 2.86. The quantitative estimate of drug-likeness (QED) is 0.282. The van der Waals surface area contributed by atoms with E-state index in [9.17, 15) is 4.79 Å². The topological polar surface area (TPSA) is 63.2 Å². The van der Waals surface area contributed by atoms with E-state index in [1.807, 2.05) is 49.4 Å². The van der Waals surface area contributed by atoms with Crippen LogP contribution in [0.25, 0.3) is 6.08 Å². The highest BCUT2D eigenvalue weighted by molar-refractivity contribution is 6.08. The van der Waals surface area contributed by atoms with Crippen LogP contribution < -0.4 is 23.7 Å². The van der Waals surface area contributed by atoms with Crippen LogP contribution in [0.4, 0.5) is 0 Å². The molecule has 0 amide bonds. The smallest absolute Gasteiger partial charge is 0.189 e. The molecule has 0 saturated heterocycles. The molecule has 3 aromatic carbocycles. The SMILES string of the molecule is CCOc1ccccc1OCc1cc(/C=C/C(=O)c2cc(OC)ccc2OC)ccc1OC. The Balaban J connectivity index is 1.80. The third kappa shape index (κ3) is 6.07. The molecule has 3 aromatic rings. The van der Waals surface area contributed by atoms with E-state index in [4.69, 9.17) is 23.7 Å². The maximum absolute atomic E-state index is 12.8. The van der Waals surface area contributed by atoms with Gasteiger partial charge in [-0.1, -0.05) is 24.3 Å². The minimum atomic E-state index is -0.190. The van der Waals surface area contributed by atoms with Crippen molar-refractivity contribution < 1.29 is 28.5 Å². The van der Waals surface area contributed by atoms with Gasteiger partial charge < -0.3 is 23.7 Å². The molecular formula is C27H28O6. The molecule has 0 aromatic heterocycles. The Kier molecular flexibility index (Phi) is 8.36. The number of allylic oxidation sites excluding steroid dienone is 1. The van der Waals surface area contributed by atoms with E-state index in [1.54, 1.807) is 38.5 Å². The molecule has 0 N–H and O–H groups in total. The Labute approximate surface area is 194 Å². The first-order chi connectivity index (χ1) is 16.1. The van der Waals surface area contributed by atoms with Crippen molar-refractivity contribution in [2.24, 2.45) is 0 Å². The lowest BCUT2D eigenvalue weighted by molar-refractivity contribution is 0.104. The number of hydrogen-bond acceptors (Lipinski definition) is 6. The molecule has 6 nitrogen and oxygen atoms in total. The van der Waals surface area contributed by atoms with Gasteiger partial charge in [0.2, 0.25) is 0 Å². The van der Waals surface area contributed by atoms with Crippen molar-refractivity contribution in [1.82, 2.24) is 0 Å². The highest BCUT2D eigenvalue weighted by Gasteiger charge is 2.12. The lowest BCUT2D eigenvalue weighted by atomic mass is 10.1. The molecule has 0 fully saturated rings. The Morgan fingerprint density at radius 2 is 1.48 bits per heavy atom. The number of para-hydroxylation sites is 2. The van der Waals surface area contributed by atoms with E-state index in [2.05, 4.69) is 0 Å². The zero-order valence-electron chi connectivity index (χ0n) is 19.3. The summed E-state index contributed by atoms with van der Waals surface area (Å²) in [6.45, 7) is 2.76. The van der Waals surface area contributed by atoms with Crippen molar-refractivity contribution in [3.63, 3.8) is 0 Å². The summed E-state index contributed by atoms with van der Waals surface area (Å²) < 4.78 is 27.6. The number of benzene rings is 3. The third-order valence-electron chi connectivity index (χ3n) is 4.94. The monoisotopic (exact) mass is 448 g/mol. The van der Waals surface area contributed by atoms with Gasteiger partial charge in [0.25, 0.3) is 0 Å². The maximum atomic E-state index is 12.8. The fourth-order valence-electron chi connectivity index (χ4n) is 3.28. The van der Waals surface area contributed by atoms with Gasteiger partial charge in [-0.2, -0.15) is 0 Å². The lowest BCUT2D eigenvalue weighted by Crippen LogP contribution is -2.02. The number of carbonyl (C=O) groups is 1. The summed E-state index contributed by atoms with van der Waals surface area (Å²) in [6, 6.07) is 18.3. The Hall–Kier alpha value is -3.93. The number of methoxy groups -OCH3 is 3. The van der Waals surface area contributed by atoms with Crippen LogP contribution in [0.3, 0.4) is 0 Å². The van der Waals surface area contributed by atoms with Crippen LogP contribution in [0.1, 0.15) is 28.4 Å². The predicted octanol–water partition coefficient (Wildman–Crippen LogP) is 5.59. The van der Waals surface area contributed by atoms with Crippen LogP contribution in [0.5, 0.6) is 28.7 Å². The summed E-state index contributed by atoms with van der Waals surface area (Å²) in [5, 5.41) is 0. The van der Waals surface area contributed by atoms with Crippen LogP contribution in [0.15, 0.2) is 66.7 Å². The van der Waals surface area contributed by atoms with E-state index in [0.717, 1.165) is 11.1 Å². The van der Waals surface area contributed by atoms with Crippen molar-refractivity contribution >= 4 is 11.9 Å². The molecule has 0 atom stereocenters. The van der Waals surface area contributed by atoms with Crippen LogP contribution in [-0.4, -0.2) is 33.7 Å². The van der Waals surface area contributed by atoms with E-state index in [1.165, 1.54) is 13.2 Å². The molecule has 0 aliphatic carbocycles. The molecule has 0 spiro atoms. The fraction of sp³-hybridized carbons (Fsp3) is 0.222. The second-order valence-corrected chi connectivity index (χ2v) is 7.00. The molecule has 33 heavy (non-hydrogen) atoms. The normalized spacial score (nSPS) is 10.7. The predicted molar refractivity (Wildman–Crippen MR) is 128 cm³/mol. The molecule has 3 rings (SSSR count). The van der Waals surface area contributed by atoms with Crippen LogP contribution >= 0.6 is 0 Å². The Morgan fingerprint density at radius 1 is 0.788 bits per heavy atom. The Morgan fingerprint density at radius 3 is 2.15 bits per heavy atom. The van der Waals surface area contributed by atoms with Gasteiger partial charge in [-0.25, -0.2) is 0 Å². The number of carbonyl (C=O) groups excluding carboxylic acids is 1. The van der Waals surface area contributed by atoms with Crippen molar-refractivity contribution in [3.05, 3.63) is 83.4 Å². The van der Waals surface area contributed by atoms with E-state index in [-0.39, 0.29) is 12.4 Å². The molecule has 0 aliphatic heterocycles. The zero-order valence-corrected chi connectivity index (χ0v) is 19.3. The van der Waals surface area contributed by atoms with Crippen LogP contribution in [0.2, 0.25) is 0 Å².